The van der Waals surface area contributed by atoms with Crippen LogP contribution in [0.15, 0.2) is 18.2 Å². The summed E-state index contributed by atoms with van der Waals surface area (Å²) in [5, 5.41) is 3.34. The maximum Gasteiger partial charge on any atom is 0.123 e. The topological polar surface area (TPSA) is 21.3 Å². The van der Waals surface area contributed by atoms with Crippen LogP contribution in [0.4, 0.5) is 4.39 Å². The SMILES string of the molecule is CNC(Cc1cc(F)ccc1C)C1CCOC1. The maximum atomic E-state index is 13.2. The molecule has 0 aromatic heterocycles. The molecule has 2 rings (SSSR count). The first-order valence-corrected chi connectivity index (χ1v) is 6.20. The van der Waals surface area contributed by atoms with Crippen LogP contribution in [0, 0.1) is 18.7 Å². The second kappa shape index (κ2) is 5.61. The predicted molar refractivity (Wildman–Crippen MR) is 66.6 cm³/mol. The minimum atomic E-state index is -0.150. The van der Waals surface area contributed by atoms with E-state index in [1.807, 2.05) is 20.0 Å². The molecule has 17 heavy (non-hydrogen) atoms. The summed E-state index contributed by atoms with van der Waals surface area (Å²) < 4.78 is 18.7. The number of rotatable bonds is 4. The third-order valence-electron chi connectivity index (χ3n) is 3.66. The lowest BCUT2D eigenvalue weighted by Crippen LogP contribution is -2.36. The molecule has 0 bridgehead atoms. The van der Waals surface area contributed by atoms with Crippen molar-refractivity contribution >= 4 is 0 Å². The van der Waals surface area contributed by atoms with Crippen LogP contribution in [0.1, 0.15) is 17.5 Å². The number of aryl methyl sites for hydroxylation is 1. The highest BCUT2D eigenvalue weighted by molar-refractivity contribution is 5.27. The molecule has 1 heterocycles. The summed E-state index contributed by atoms with van der Waals surface area (Å²) in [6.45, 7) is 3.71. The second-order valence-corrected chi connectivity index (χ2v) is 4.79. The Bertz CT molecular complexity index is 374. The zero-order chi connectivity index (χ0) is 12.3. The Hall–Kier alpha value is -0.930. The van der Waals surface area contributed by atoms with Crippen molar-refractivity contribution in [2.45, 2.75) is 25.8 Å². The third kappa shape index (κ3) is 3.05. The van der Waals surface area contributed by atoms with Gasteiger partial charge in [-0.1, -0.05) is 6.07 Å². The summed E-state index contributed by atoms with van der Waals surface area (Å²) in [7, 11) is 1.97. The van der Waals surface area contributed by atoms with Gasteiger partial charge in [-0.15, -0.1) is 0 Å². The summed E-state index contributed by atoms with van der Waals surface area (Å²) >= 11 is 0. The summed E-state index contributed by atoms with van der Waals surface area (Å²) in [6.07, 6.45) is 1.97. The number of halogens is 1. The van der Waals surface area contributed by atoms with Crippen molar-refractivity contribution in [3.8, 4) is 0 Å². The number of ether oxygens (including phenoxy) is 1. The minimum Gasteiger partial charge on any atom is -0.381 e. The van der Waals surface area contributed by atoms with Gasteiger partial charge in [-0.3, -0.25) is 0 Å². The molecule has 94 valence electrons. The number of hydrogen-bond donors (Lipinski definition) is 1. The molecule has 1 N–H and O–H groups in total. The van der Waals surface area contributed by atoms with E-state index in [9.17, 15) is 4.39 Å². The van der Waals surface area contributed by atoms with E-state index in [0.29, 0.717) is 12.0 Å². The van der Waals surface area contributed by atoms with Gasteiger partial charge < -0.3 is 10.1 Å². The molecule has 0 aliphatic carbocycles. The first kappa shape index (κ1) is 12.5. The fourth-order valence-corrected chi connectivity index (χ4v) is 2.47. The highest BCUT2D eigenvalue weighted by atomic mass is 19.1. The third-order valence-corrected chi connectivity index (χ3v) is 3.66. The molecule has 1 aliphatic rings. The van der Waals surface area contributed by atoms with Crippen molar-refractivity contribution in [2.24, 2.45) is 5.92 Å². The monoisotopic (exact) mass is 237 g/mol. The van der Waals surface area contributed by atoms with Gasteiger partial charge in [-0.25, -0.2) is 4.39 Å². The Morgan fingerprint density at radius 2 is 2.35 bits per heavy atom. The molecule has 1 aromatic rings. The highest BCUT2D eigenvalue weighted by Crippen LogP contribution is 2.21. The molecule has 0 radical (unpaired) electrons. The van der Waals surface area contributed by atoms with Crippen molar-refractivity contribution in [3.05, 3.63) is 35.1 Å². The number of likely N-dealkylation sites (N-methyl/N-ethyl adjacent to an activating group) is 1. The highest BCUT2D eigenvalue weighted by Gasteiger charge is 2.25. The summed E-state index contributed by atoms with van der Waals surface area (Å²) in [5.41, 5.74) is 2.25. The molecule has 1 saturated heterocycles. The lowest BCUT2D eigenvalue weighted by Gasteiger charge is -2.22. The molecule has 1 fully saturated rings. The standard InChI is InChI=1S/C14H20FNO/c1-10-3-4-13(15)7-12(10)8-14(16-2)11-5-6-17-9-11/h3-4,7,11,14,16H,5-6,8-9H2,1-2H3. The molecule has 2 nitrogen and oxygen atoms in total. The van der Waals surface area contributed by atoms with Gasteiger partial charge in [0.2, 0.25) is 0 Å². The first-order valence-electron chi connectivity index (χ1n) is 6.20. The van der Waals surface area contributed by atoms with Crippen molar-refractivity contribution in [1.29, 1.82) is 0 Å². The summed E-state index contributed by atoms with van der Waals surface area (Å²) in [6, 6.07) is 5.39. The van der Waals surface area contributed by atoms with E-state index in [-0.39, 0.29) is 5.82 Å². The summed E-state index contributed by atoms with van der Waals surface area (Å²) in [4.78, 5) is 0. The van der Waals surface area contributed by atoms with Crippen LogP contribution in [0.2, 0.25) is 0 Å². The zero-order valence-corrected chi connectivity index (χ0v) is 10.5. The molecule has 1 aliphatic heterocycles. The minimum absolute atomic E-state index is 0.150. The molecular formula is C14H20FNO. The van der Waals surface area contributed by atoms with E-state index in [4.69, 9.17) is 4.74 Å². The van der Waals surface area contributed by atoms with Crippen LogP contribution in [-0.4, -0.2) is 26.3 Å². The predicted octanol–water partition coefficient (Wildman–Crippen LogP) is 2.30. The number of nitrogens with one attached hydrogen (secondary N) is 1. The van der Waals surface area contributed by atoms with Crippen LogP contribution in [-0.2, 0) is 11.2 Å². The van der Waals surface area contributed by atoms with Crippen molar-refractivity contribution in [1.82, 2.24) is 5.32 Å². The summed E-state index contributed by atoms with van der Waals surface area (Å²) in [5.74, 6) is 0.394. The Morgan fingerprint density at radius 3 is 3.00 bits per heavy atom. The van der Waals surface area contributed by atoms with E-state index in [2.05, 4.69) is 5.32 Å². The largest absolute Gasteiger partial charge is 0.381 e. The molecule has 0 amide bonds. The molecule has 2 atom stereocenters. The van der Waals surface area contributed by atoms with Gasteiger partial charge in [0.05, 0.1) is 6.61 Å². The lowest BCUT2D eigenvalue weighted by atomic mass is 9.91. The molecular weight excluding hydrogens is 217 g/mol. The van der Waals surface area contributed by atoms with Gasteiger partial charge in [0, 0.05) is 18.6 Å². The zero-order valence-electron chi connectivity index (χ0n) is 10.5. The van der Waals surface area contributed by atoms with Gasteiger partial charge >= 0.3 is 0 Å². The molecule has 0 spiro atoms. The fourth-order valence-electron chi connectivity index (χ4n) is 2.47. The molecule has 1 aromatic carbocycles. The lowest BCUT2D eigenvalue weighted by molar-refractivity contribution is 0.177. The van der Waals surface area contributed by atoms with Gasteiger partial charge in [0.15, 0.2) is 0 Å². The maximum absolute atomic E-state index is 13.2. The average Bonchev–Trinajstić information content (AvgIpc) is 2.84. The van der Waals surface area contributed by atoms with Crippen molar-refractivity contribution in [2.75, 3.05) is 20.3 Å². The van der Waals surface area contributed by atoms with E-state index >= 15 is 0 Å². The second-order valence-electron chi connectivity index (χ2n) is 4.79. The van der Waals surface area contributed by atoms with E-state index < -0.39 is 0 Å². The van der Waals surface area contributed by atoms with Crippen molar-refractivity contribution < 1.29 is 9.13 Å². The Kier molecular flexibility index (Phi) is 4.13. The number of benzene rings is 1. The van der Waals surface area contributed by atoms with Crippen LogP contribution in [0.25, 0.3) is 0 Å². The molecule has 0 saturated carbocycles. The van der Waals surface area contributed by atoms with Crippen molar-refractivity contribution in [3.63, 3.8) is 0 Å². The smallest absolute Gasteiger partial charge is 0.123 e. The van der Waals surface area contributed by atoms with Crippen LogP contribution < -0.4 is 5.32 Å². The Labute approximate surface area is 102 Å². The van der Waals surface area contributed by atoms with E-state index in [0.717, 1.165) is 37.2 Å². The van der Waals surface area contributed by atoms with E-state index in [1.165, 1.54) is 6.07 Å². The fraction of sp³-hybridized carbons (Fsp3) is 0.571. The Morgan fingerprint density at radius 1 is 1.53 bits per heavy atom. The van der Waals surface area contributed by atoms with Crippen LogP contribution in [0.3, 0.4) is 0 Å². The van der Waals surface area contributed by atoms with Gasteiger partial charge in [-0.05, 0) is 50.1 Å². The Balaban J connectivity index is 2.09. The quantitative estimate of drug-likeness (QED) is 0.867. The van der Waals surface area contributed by atoms with Gasteiger partial charge in [0.1, 0.15) is 5.82 Å². The first-order chi connectivity index (χ1) is 8.20. The number of hydrogen-bond acceptors (Lipinski definition) is 2. The van der Waals surface area contributed by atoms with Gasteiger partial charge in [-0.2, -0.15) is 0 Å². The normalized spacial score (nSPS) is 21.7. The van der Waals surface area contributed by atoms with E-state index in [1.54, 1.807) is 6.07 Å². The van der Waals surface area contributed by atoms with Gasteiger partial charge in [0.25, 0.3) is 0 Å². The average molecular weight is 237 g/mol. The van der Waals surface area contributed by atoms with Crippen LogP contribution in [0.5, 0.6) is 0 Å². The molecule has 3 heteroatoms. The van der Waals surface area contributed by atoms with Crippen LogP contribution >= 0.6 is 0 Å². The molecule has 2 unspecified atom stereocenters.